The van der Waals surface area contributed by atoms with E-state index in [1.165, 1.54) is 25.7 Å². The Labute approximate surface area is 63.4 Å². The van der Waals surface area contributed by atoms with Gasteiger partial charge in [-0.3, -0.25) is 0 Å². The van der Waals surface area contributed by atoms with Crippen molar-refractivity contribution in [3.8, 4) is 0 Å². The molecule has 9 heavy (non-hydrogen) atoms. The lowest BCUT2D eigenvalue weighted by molar-refractivity contribution is 0.314. The zero-order chi connectivity index (χ0) is 6.91. The summed E-state index contributed by atoms with van der Waals surface area (Å²) in [6.45, 7) is 4.50. The van der Waals surface area contributed by atoms with Crippen LogP contribution in [0.2, 0.25) is 0 Å². The molecule has 1 heteroatoms. The van der Waals surface area contributed by atoms with Crippen molar-refractivity contribution in [2.24, 2.45) is 5.92 Å². The van der Waals surface area contributed by atoms with Gasteiger partial charge in [-0.05, 0) is 25.7 Å². The summed E-state index contributed by atoms with van der Waals surface area (Å²) < 4.78 is 0.220. The van der Waals surface area contributed by atoms with Crippen LogP contribution in [0.3, 0.4) is 0 Å². The van der Waals surface area contributed by atoms with E-state index in [4.69, 9.17) is 12.6 Å². The summed E-state index contributed by atoms with van der Waals surface area (Å²) in [4.78, 5) is 0. The molecular formula is C8H15S. The van der Waals surface area contributed by atoms with Gasteiger partial charge >= 0.3 is 0 Å². The molecule has 2 unspecified atom stereocenters. The Morgan fingerprint density at radius 1 is 1.44 bits per heavy atom. The highest BCUT2D eigenvalue weighted by Gasteiger charge is 2.30. The maximum absolute atomic E-state index is 5.42. The first kappa shape index (κ1) is 7.46. The van der Waals surface area contributed by atoms with Crippen LogP contribution in [0.4, 0.5) is 0 Å². The van der Waals surface area contributed by atoms with Gasteiger partial charge in [-0.1, -0.05) is 32.4 Å². The first-order chi connectivity index (χ1) is 4.13. The maximum atomic E-state index is 5.42. The minimum absolute atomic E-state index is 0.220. The molecule has 0 N–H and O–H groups in total. The summed E-state index contributed by atoms with van der Waals surface area (Å²) in [6.07, 6.45) is 5.35. The van der Waals surface area contributed by atoms with Crippen LogP contribution < -0.4 is 0 Å². The summed E-state index contributed by atoms with van der Waals surface area (Å²) in [5.41, 5.74) is 0. The highest BCUT2D eigenvalue weighted by atomic mass is 32.1. The zero-order valence-corrected chi connectivity index (χ0v) is 7.13. The number of rotatable bonds is 0. The summed E-state index contributed by atoms with van der Waals surface area (Å²) in [5.74, 6) is 0.765. The Bertz CT molecular complexity index is 96.7. The minimum atomic E-state index is 0.220. The lowest BCUT2D eigenvalue weighted by atomic mass is 9.81. The average molecular weight is 143 g/mol. The largest absolute Gasteiger partial charge is 0.0867 e. The fourth-order valence-corrected chi connectivity index (χ4v) is 1.74. The summed E-state index contributed by atoms with van der Waals surface area (Å²) >= 11 is 5.42. The van der Waals surface area contributed by atoms with Crippen LogP contribution in [0.25, 0.3) is 0 Å². The molecule has 1 saturated carbocycles. The Hall–Kier alpha value is 0.350. The monoisotopic (exact) mass is 143 g/mol. The molecule has 1 rings (SSSR count). The topological polar surface area (TPSA) is 0 Å². The smallest absolute Gasteiger partial charge is 0.0261 e. The first-order valence-corrected chi connectivity index (χ1v) is 4.24. The Kier molecular flexibility index (Phi) is 2.10. The zero-order valence-electron chi connectivity index (χ0n) is 6.31. The molecule has 0 aromatic heterocycles. The number of hydrogen-bond acceptors (Lipinski definition) is 0. The van der Waals surface area contributed by atoms with Gasteiger partial charge in [0.2, 0.25) is 0 Å². The third kappa shape index (κ3) is 1.64. The third-order valence-corrected chi connectivity index (χ3v) is 3.21. The van der Waals surface area contributed by atoms with Crippen molar-refractivity contribution in [2.75, 3.05) is 0 Å². The van der Waals surface area contributed by atoms with Gasteiger partial charge in [0.1, 0.15) is 0 Å². The van der Waals surface area contributed by atoms with E-state index in [9.17, 15) is 0 Å². The van der Waals surface area contributed by atoms with Gasteiger partial charge in [-0.15, -0.1) is 0 Å². The van der Waals surface area contributed by atoms with E-state index in [0.29, 0.717) is 0 Å². The lowest BCUT2D eigenvalue weighted by Crippen LogP contribution is -2.29. The van der Waals surface area contributed by atoms with E-state index >= 15 is 0 Å². The maximum Gasteiger partial charge on any atom is 0.0261 e. The van der Waals surface area contributed by atoms with Crippen molar-refractivity contribution < 1.29 is 0 Å². The van der Waals surface area contributed by atoms with Crippen LogP contribution in [0.15, 0.2) is 0 Å². The third-order valence-electron chi connectivity index (χ3n) is 2.60. The van der Waals surface area contributed by atoms with Crippen LogP contribution in [-0.2, 0) is 0 Å². The van der Waals surface area contributed by atoms with Crippen molar-refractivity contribution in [1.29, 1.82) is 0 Å². The Balaban J connectivity index is 2.49. The molecule has 53 valence electrons. The fourth-order valence-electron chi connectivity index (χ4n) is 1.48. The van der Waals surface area contributed by atoms with E-state index in [2.05, 4.69) is 13.8 Å². The van der Waals surface area contributed by atoms with Gasteiger partial charge in [0, 0.05) is 4.75 Å². The lowest BCUT2D eigenvalue weighted by Gasteiger charge is -2.34. The van der Waals surface area contributed by atoms with Gasteiger partial charge in [-0.2, -0.15) is 0 Å². The van der Waals surface area contributed by atoms with Crippen molar-refractivity contribution >= 4 is 12.6 Å². The van der Waals surface area contributed by atoms with Crippen LogP contribution in [0.1, 0.15) is 39.5 Å². The van der Waals surface area contributed by atoms with Crippen molar-refractivity contribution in [3.05, 3.63) is 0 Å². The minimum Gasteiger partial charge on any atom is -0.0867 e. The molecule has 2 atom stereocenters. The van der Waals surface area contributed by atoms with Crippen LogP contribution in [-0.4, -0.2) is 4.75 Å². The second-order valence-electron chi connectivity index (χ2n) is 3.46. The second-order valence-corrected chi connectivity index (χ2v) is 4.39. The molecule has 0 heterocycles. The SMILES string of the molecule is CC1CCCCC1(C)[S]. The van der Waals surface area contributed by atoms with Gasteiger partial charge in [0.15, 0.2) is 0 Å². The predicted octanol–water partition coefficient (Wildman–Crippen LogP) is 3.15. The Morgan fingerprint density at radius 2 is 2.11 bits per heavy atom. The van der Waals surface area contributed by atoms with E-state index in [0.717, 1.165) is 5.92 Å². The molecule has 1 aliphatic carbocycles. The molecule has 0 aromatic rings. The summed E-state index contributed by atoms with van der Waals surface area (Å²) in [6, 6.07) is 0. The number of hydrogen-bond donors (Lipinski definition) is 0. The van der Waals surface area contributed by atoms with Gasteiger partial charge in [0.05, 0.1) is 0 Å². The van der Waals surface area contributed by atoms with E-state index in [1.807, 2.05) is 0 Å². The summed E-state index contributed by atoms with van der Waals surface area (Å²) in [5, 5.41) is 0. The van der Waals surface area contributed by atoms with Gasteiger partial charge in [0.25, 0.3) is 0 Å². The molecule has 0 aliphatic heterocycles. The van der Waals surface area contributed by atoms with E-state index in [1.54, 1.807) is 0 Å². The molecule has 1 radical (unpaired) electrons. The normalized spacial score (nSPS) is 45.0. The van der Waals surface area contributed by atoms with Crippen molar-refractivity contribution in [3.63, 3.8) is 0 Å². The highest BCUT2D eigenvalue weighted by molar-refractivity contribution is 7.81. The quantitative estimate of drug-likeness (QED) is 0.488. The van der Waals surface area contributed by atoms with Gasteiger partial charge < -0.3 is 0 Å². The molecule has 0 nitrogen and oxygen atoms in total. The van der Waals surface area contributed by atoms with Crippen molar-refractivity contribution in [1.82, 2.24) is 0 Å². The molecule has 0 spiro atoms. The molecule has 0 bridgehead atoms. The van der Waals surface area contributed by atoms with Gasteiger partial charge in [-0.25, -0.2) is 0 Å². The summed E-state index contributed by atoms with van der Waals surface area (Å²) in [7, 11) is 0. The molecule has 0 aromatic carbocycles. The molecule has 1 fully saturated rings. The van der Waals surface area contributed by atoms with Crippen molar-refractivity contribution in [2.45, 2.75) is 44.3 Å². The van der Waals surface area contributed by atoms with Crippen LogP contribution >= 0.6 is 12.6 Å². The van der Waals surface area contributed by atoms with Crippen LogP contribution in [0.5, 0.6) is 0 Å². The van der Waals surface area contributed by atoms with E-state index < -0.39 is 0 Å². The molecule has 0 amide bonds. The van der Waals surface area contributed by atoms with Crippen LogP contribution in [0, 0.1) is 5.92 Å². The fraction of sp³-hybridized carbons (Fsp3) is 1.00. The molecular weight excluding hydrogens is 128 g/mol. The molecule has 0 saturated heterocycles. The second kappa shape index (κ2) is 2.53. The standard InChI is InChI=1S/C8H15S/c1-7-5-3-4-6-8(7,2)9/h7H,3-6H2,1-2H3. The Morgan fingerprint density at radius 3 is 2.44 bits per heavy atom. The average Bonchev–Trinajstić information content (AvgIpc) is 1.77. The van der Waals surface area contributed by atoms with E-state index in [-0.39, 0.29) is 4.75 Å². The molecule has 1 aliphatic rings. The highest BCUT2D eigenvalue weighted by Crippen LogP contribution is 2.37. The predicted molar refractivity (Wildman–Crippen MR) is 43.6 cm³/mol. The first-order valence-electron chi connectivity index (χ1n) is 3.83.